The summed E-state index contributed by atoms with van der Waals surface area (Å²) >= 11 is 0. The van der Waals surface area contributed by atoms with Crippen LogP contribution in [0.4, 0.5) is 0 Å². The molecule has 0 fully saturated rings. The quantitative estimate of drug-likeness (QED) is 0.156. The summed E-state index contributed by atoms with van der Waals surface area (Å²) in [5, 5.41) is 0.449. The number of hydrogen-bond acceptors (Lipinski definition) is 6. The van der Waals surface area contributed by atoms with Gasteiger partial charge in [0.25, 0.3) is 5.75 Å². The number of allylic oxidation sites excluding steroid dienone is 6. The Kier molecular flexibility index (Phi) is 11.9. The van der Waals surface area contributed by atoms with Gasteiger partial charge in [-0.15, -0.1) is 0 Å². The van der Waals surface area contributed by atoms with E-state index in [1.165, 1.54) is 23.6 Å². The van der Waals surface area contributed by atoms with E-state index in [1.54, 1.807) is 18.2 Å². The zero-order valence-corrected chi connectivity index (χ0v) is 23.2. The Hall–Kier alpha value is -3.54. The molecule has 0 bridgehead atoms. The first-order valence-corrected chi connectivity index (χ1v) is 12.7. The van der Waals surface area contributed by atoms with Crippen LogP contribution in [0, 0.1) is 0 Å². The van der Waals surface area contributed by atoms with E-state index in [1.807, 2.05) is 19.1 Å². The lowest BCUT2D eigenvalue weighted by Crippen LogP contribution is -2.14. The summed E-state index contributed by atoms with van der Waals surface area (Å²) in [6, 6.07) is 5.18. The average Bonchev–Trinajstić information content (AvgIpc) is 2.80. The highest BCUT2D eigenvalue weighted by molar-refractivity contribution is 5.92. The minimum absolute atomic E-state index is 0.134. The molecule has 200 valence electrons. The second-order valence-corrected chi connectivity index (χ2v) is 9.63. The van der Waals surface area contributed by atoms with E-state index in [4.69, 9.17) is 18.6 Å². The number of ether oxygens (including phenoxy) is 3. The number of carbonyl (C=O) groups excluding carboxylic acids is 1. The van der Waals surface area contributed by atoms with Gasteiger partial charge in [0.05, 0.1) is 0 Å². The van der Waals surface area contributed by atoms with Crippen molar-refractivity contribution in [2.24, 2.45) is 0 Å². The molecule has 0 unspecified atom stereocenters. The highest BCUT2D eigenvalue weighted by Crippen LogP contribution is 2.39. The molecular weight excluding hydrogens is 468 g/mol. The average molecular weight is 509 g/mol. The van der Waals surface area contributed by atoms with Crippen LogP contribution >= 0.6 is 0 Å². The highest BCUT2D eigenvalue weighted by Gasteiger charge is 2.22. The number of fused-ring (bicyclic) bond motifs is 1. The van der Waals surface area contributed by atoms with Crippen LogP contribution in [0.1, 0.15) is 74.1 Å². The third-order valence-electron chi connectivity index (χ3n) is 5.57. The van der Waals surface area contributed by atoms with Crippen molar-refractivity contribution < 1.29 is 23.4 Å². The first-order chi connectivity index (χ1) is 17.6. The smallest absolute Gasteiger partial charge is 0.383 e. The molecule has 0 saturated carbocycles. The lowest BCUT2D eigenvalue weighted by molar-refractivity contribution is -0.132. The van der Waals surface area contributed by atoms with Crippen LogP contribution in [0.25, 0.3) is 11.0 Å². The van der Waals surface area contributed by atoms with Crippen molar-refractivity contribution in [1.29, 1.82) is 0 Å². The predicted molar refractivity (Wildman–Crippen MR) is 150 cm³/mol. The summed E-state index contributed by atoms with van der Waals surface area (Å²) in [6.45, 7) is 14.2. The fourth-order valence-corrected chi connectivity index (χ4v) is 3.58. The van der Waals surface area contributed by atoms with Crippen LogP contribution in [0.2, 0.25) is 0 Å². The van der Waals surface area contributed by atoms with Crippen LogP contribution in [0.5, 0.6) is 17.2 Å². The zero-order chi connectivity index (χ0) is 27.4. The lowest BCUT2D eigenvalue weighted by Gasteiger charge is -2.14. The number of rotatable bonds is 13. The Morgan fingerprint density at radius 2 is 1.35 bits per heavy atom. The zero-order valence-electron chi connectivity index (χ0n) is 23.2. The molecule has 0 amide bonds. The molecule has 0 aliphatic rings. The number of hydrogen-bond donors (Lipinski definition) is 0. The summed E-state index contributed by atoms with van der Waals surface area (Å²) in [4.78, 5) is 24.4. The minimum Gasteiger partial charge on any atom is -0.489 e. The topological polar surface area (TPSA) is 75.0 Å². The van der Waals surface area contributed by atoms with Crippen LogP contribution in [-0.2, 0) is 4.79 Å². The maximum absolute atomic E-state index is 12.7. The van der Waals surface area contributed by atoms with E-state index in [9.17, 15) is 9.59 Å². The van der Waals surface area contributed by atoms with Gasteiger partial charge in [0, 0.05) is 6.92 Å². The van der Waals surface area contributed by atoms with Gasteiger partial charge in [0.15, 0.2) is 5.75 Å². The molecule has 37 heavy (non-hydrogen) atoms. The number of carbonyl (C=O) groups is 1. The second-order valence-electron chi connectivity index (χ2n) is 9.63. The van der Waals surface area contributed by atoms with Crippen molar-refractivity contribution in [3.05, 3.63) is 75.2 Å². The summed E-state index contributed by atoms with van der Waals surface area (Å²) < 4.78 is 22.8. The SMILES string of the molecule is CC(=O)Oc1c(OC/C=C(\C)CCC=C(C)C)c2c(OC/C=C(\C)CCC=C(C)C)cccc2oc1=O. The van der Waals surface area contributed by atoms with Crippen molar-refractivity contribution in [2.45, 2.75) is 74.1 Å². The second kappa shape index (κ2) is 14.9. The van der Waals surface area contributed by atoms with Gasteiger partial charge in [-0.3, -0.25) is 4.79 Å². The van der Waals surface area contributed by atoms with E-state index in [2.05, 4.69) is 46.8 Å². The molecule has 0 spiro atoms. The van der Waals surface area contributed by atoms with Crippen LogP contribution in [0.3, 0.4) is 0 Å². The molecule has 6 nitrogen and oxygen atoms in total. The number of benzene rings is 1. The first-order valence-electron chi connectivity index (χ1n) is 12.7. The van der Waals surface area contributed by atoms with E-state index in [0.717, 1.165) is 31.3 Å². The normalized spacial score (nSPS) is 11.8. The van der Waals surface area contributed by atoms with Crippen LogP contribution < -0.4 is 19.8 Å². The Morgan fingerprint density at radius 3 is 1.89 bits per heavy atom. The standard InChI is InChI=1S/C31H40O6/c1-21(2)11-8-13-23(5)17-19-34-26-15-10-16-27-28(26)29(30(31(33)37-27)36-25(7)32)35-20-18-24(6)14-9-12-22(3)4/h10-12,15-18H,8-9,13-14,19-20H2,1-7H3/b23-17+,24-18+. The molecule has 0 atom stereocenters. The molecule has 1 aromatic heterocycles. The lowest BCUT2D eigenvalue weighted by atomic mass is 10.1. The monoisotopic (exact) mass is 508 g/mol. The van der Waals surface area contributed by atoms with Crippen molar-refractivity contribution >= 4 is 16.9 Å². The summed E-state index contributed by atoms with van der Waals surface area (Å²) in [5.41, 5.74) is 4.47. The van der Waals surface area contributed by atoms with Gasteiger partial charge in [-0.1, -0.05) is 40.5 Å². The fourth-order valence-electron chi connectivity index (χ4n) is 3.58. The molecule has 0 aliphatic carbocycles. The van der Waals surface area contributed by atoms with Gasteiger partial charge in [-0.05, 0) is 91.5 Å². The molecule has 2 aromatic rings. The third kappa shape index (κ3) is 10.2. The van der Waals surface area contributed by atoms with Gasteiger partial charge >= 0.3 is 11.6 Å². The molecular formula is C31H40O6. The Morgan fingerprint density at radius 1 is 0.784 bits per heavy atom. The van der Waals surface area contributed by atoms with E-state index in [-0.39, 0.29) is 18.1 Å². The van der Waals surface area contributed by atoms with E-state index in [0.29, 0.717) is 23.3 Å². The summed E-state index contributed by atoms with van der Waals surface area (Å²) in [5.74, 6) is -0.310. The Labute approximate surface area is 220 Å². The molecule has 6 heteroatoms. The van der Waals surface area contributed by atoms with Gasteiger partial charge in [0.2, 0.25) is 0 Å². The third-order valence-corrected chi connectivity index (χ3v) is 5.57. The molecule has 0 saturated heterocycles. The largest absolute Gasteiger partial charge is 0.489 e. The van der Waals surface area contributed by atoms with Crippen molar-refractivity contribution in [1.82, 2.24) is 0 Å². The summed E-state index contributed by atoms with van der Waals surface area (Å²) in [6.07, 6.45) is 12.2. The molecule has 0 radical (unpaired) electrons. The van der Waals surface area contributed by atoms with Gasteiger partial charge in [0.1, 0.15) is 29.9 Å². The predicted octanol–water partition coefficient (Wildman–Crippen LogP) is 7.86. The molecule has 1 heterocycles. The van der Waals surface area contributed by atoms with Crippen LogP contribution in [-0.4, -0.2) is 19.2 Å². The minimum atomic E-state index is -0.783. The molecule has 0 N–H and O–H groups in total. The van der Waals surface area contributed by atoms with Gasteiger partial charge in [-0.25, -0.2) is 4.79 Å². The first kappa shape index (κ1) is 29.7. The van der Waals surface area contributed by atoms with Crippen molar-refractivity contribution in [2.75, 3.05) is 13.2 Å². The summed E-state index contributed by atoms with van der Waals surface area (Å²) in [7, 11) is 0. The Bertz CT molecular complexity index is 1250. The molecule has 1 aromatic carbocycles. The van der Waals surface area contributed by atoms with Crippen molar-refractivity contribution in [3.8, 4) is 17.2 Å². The van der Waals surface area contributed by atoms with Gasteiger partial charge < -0.3 is 18.6 Å². The highest BCUT2D eigenvalue weighted by atomic mass is 16.6. The van der Waals surface area contributed by atoms with E-state index < -0.39 is 11.6 Å². The van der Waals surface area contributed by atoms with Crippen LogP contribution in [0.15, 0.2) is 74.0 Å². The fraction of sp³-hybridized carbons (Fsp3) is 0.419. The Balaban J connectivity index is 2.35. The maximum Gasteiger partial charge on any atom is 0.383 e. The molecule has 0 aliphatic heterocycles. The van der Waals surface area contributed by atoms with Gasteiger partial charge in [-0.2, -0.15) is 0 Å². The maximum atomic E-state index is 12.7. The van der Waals surface area contributed by atoms with Crippen molar-refractivity contribution in [3.63, 3.8) is 0 Å². The number of esters is 1. The molecule has 2 rings (SSSR count). The van der Waals surface area contributed by atoms with E-state index >= 15 is 0 Å².